The molecule has 1 aromatic rings. The van der Waals surface area contributed by atoms with Crippen LogP contribution in [0.15, 0.2) is 0 Å². The zero-order chi connectivity index (χ0) is 16.8. The van der Waals surface area contributed by atoms with Gasteiger partial charge in [-0.3, -0.25) is 14.5 Å². The van der Waals surface area contributed by atoms with E-state index >= 15 is 0 Å². The number of aryl methyl sites for hydroxylation is 1. The average molecular weight is 340 g/mol. The number of imide groups is 1. The van der Waals surface area contributed by atoms with E-state index in [1.807, 2.05) is 6.92 Å². The minimum absolute atomic E-state index is 0.0451. The molecular weight excluding hydrogens is 320 g/mol. The molecule has 2 heterocycles. The number of carbonyl (C=O) groups is 3. The topological polar surface area (TPSA) is 130 Å². The van der Waals surface area contributed by atoms with E-state index in [9.17, 15) is 14.4 Å². The first-order valence-corrected chi connectivity index (χ1v) is 8.29. The Bertz CT molecular complexity index is 590. The molecule has 1 fully saturated rings. The smallest absolute Gasteiger partial charge is 0.324 e. The number of rotatable bonds is 8. The van der Waals surface area contributed by atoms with E-state index in [0.717, 1.165) is 9.91 Å². The summed E-state index contributed by atoms with van der Waals surface area (Å²) in [7, 11) is 0. The van der Waals surface area contributed by atoms with Crippen molar-refractivity contribution < 1.29 is 14.4 Å². The molecule has 1 saturated heterocycles. The van der Waals surface area contributed by atoms with Gasteiger partial charge >= 0.3 is 6.03 Å². The summed E-state index contributed by atoms with van der Waals surface area (Å²) < 4.78 is 0. The van der Waals surface area contributed by atoms with Crippen LogP contribution in [0.3, 0.4) is 0 Å². The van der Waals surface area contributed by atoms with Crippen molar-refractivity contribution in [1.82, 2.24) is 25.7 Å². The summed E-state index contributed by atoms with van der Waals surface area (Å²) in [5.41, 5.74) is 5.48. The van der Waals surface area contributed by atoms with Crippen LogP contribution in [-0.4, -0.2) is 52.1 Å². The van der Waals surface area contributed by atoms with Crippen molar-refractivity contribution in [3.05, 3.63) is 5.01 Å². The van der Waals surface area contributed by atoms with Crippen LogP contribution in [0.1, 0.15) is 31.2 Å². The Labute approximate surface area is 137 Å². The zero-order valence-electron chi connectivity index (χ0n) is 12.9. The summed E-state index contributed by atoms with van der Waals surface area (Å²) in [6.07, 6.45) is 2.02. The molecule has 4 N–H and O–H groups in total. The average Bonchev–Trinajstić information content (AvgIpc) is 3.03. The van der Waals surface area contributed by atoms with Gasteiger partial charge in [0.05, 0.1) is 6.42 Å². The number of nitrogens with one attached hydrogen (secondary N) is 2. The largest absolute Gasteiger partial charge is 0.374 e. The fourth-order valence-electron chi connectivity index (χ4n) is 2.24. The molecule has 1 unspecified atom stereocenters. The summed E-state index contributed by atoms with van der Waals surface area (Å²) in [5.74, 6) is -0.602. The minimum Gasteiger partial charge on any atom is -0.374 e. The fraction of sp³-hybridized carbons (Fsp3) is 0.615. The number of aromatic nitrogens is 2. The van der Waals surface area contributed by atoms with Crippen LogP contribution < -0.4 is 16.4 Å². The molecule has 2 rings (SSSR count). The van der Waals surface area contributed by atoms with Crippen LogP contribution in [0.25, 0.3) is 0 Å². The summed E-state index contributed by atoms with van der Waals surface area (Å²) in [5, 5.41) is 14.1. The lowest BCUT2D eigenvalue weighted by Crippen LogP contribution is -2.37. The molecular formula is C13H20N6O3S. The Balaban J connectivity index is 1.68. The number of nitrogens with two attached hydrogens (primary N) is 1. The van der Waals surface area contributed by atoms with E-state index in [1.165, 1.54) is 11.3 Å². The van der Waals surface area contributed by atoms with Gasteiger partial charge in [0.25, 0.3) is 5.91 Å². The normalized spacial score (nSPS) is 17.4. The molecule has 126 valence electrons. The monoisotopic (exact) mass is 340 g/mol. The molecule has 1 aliphatic heterocycles. The number of nitrogen functional groups attached to an aromatic ring is 1. The maximum Gasteiger partial charge on any atom is 0.324 e. The van der Waals surface area contributed by atoms with E-state index in [-0.39, 0.29) is 18.2 Å². The highest BCUT2D eigenvalue weighted by Gasteiger charge is 2.38. The number of hydrogen-bond acceptors (Lipinski definition) is 7. The molecule has 0 saturated carbocycles. The SMILES string of the molecule is CCCN1C(=O)NC(CC(=O)NCCCc2nnc(N)s2)C1=O. The molecule has 0 spiro atoms. The van der Waals surface area contributed by atoms with Gasteiger partial charge in [-0.15, -0.1) is 10.2 Å². The molecule has 9 nitrogen and oxygen atoms in total. The maximum atomic E-state index is 12.0. The van der Waals surface area contributed by atoms with Crippen LogP contribution >= 0.6 is 11.3 Å². The molecule has 1 aromatic heterocycles. The molecule has 0 radical (unpaired) electrons. The Morgan fingerprint density at radius 2 is 2.22 bits per heavy atom. The van der Waals surface area contributed by atoms with E-state index in [4.69, 9.17) is 5.73 Å². The molecule has 10 heteroatoms. The van der Waals surface area contributed by atoms with E-state index < -0.39 is 12.1 Å². The second kappa shape index (κ2) is 7.86. The number of amides is 4. The highest BCUT2D eigenvalue weighted by Crippen LogP contribution is 2.12. The fourth-order valence-corrected chi connectivity index (χ4v) is 2.89. The van der Waals surface area contributed by atoms with Gasteiger partial charge in [0.15, 0.2) is 0 Å². The molecule has 1 aliphatic rings. The van der Waals surface area contributed by atoms with E-state index in [2.05, 4.69) is 20.8 Å². The van der Waals surface area contributed by atoms with Gasteiger partial charge in [-0.25, -0.2) is 4.79 Å². The molecule has 0 aliphatic carbocycles. The summed E-state index contributed by atoms with van der Waals surface area (Å²) in [6, 6.07) is -1.19. The second-order valence-electron chi connectivity index (χ2n) is 5.18. The van der Waals surface area contributed by atoms with Gasteiger partial charge in [-0.1, -0.05) is 18.3 Å². The number of nitrogens with zero attached hydrogens (tertiary/aromatic N) is 3. The summed E-state index contributed by atoms with van der Waals surface area (Å²) in [4.78, 5) is 36.6. The van der Waals surface area contributed by atoms with Gasteiger partial charge in [-0.2, -0.15) is 0 Å². The van der Waals surface area contributed by atoms with Crippen LogP contribution in [0, 0.1) is 0 Å². The lowest BCUT2D eigenvalue weighted by molar-refractivity contribution is -0.130. The van der Waals surface area contributed by atoms with Crippen LogP contribution in [0.2, 0.25) is 0 Å². The number of anilines is 1. The van der Waals surface area contributed by atoms with Crippen LogP contribution in [0.5, 0.6) is 0 Å². The van der Waals surface area contributed by atoms with Crippen molar-refractivity contribution in [2.75, 3.05) is 18.8 Å². The molecule has 23 heavy (non-hydrogen) atoms. The van der Waals surface area contributed by atoms with Gasteiger partial charge in [0, 0.05) is 19.5 Å². The van der Waals surface area contributed by atoms with Gasteiger partial charge in [0.2, 0.25) is 11.0 Å². The highest BCUT2D eigenvalue weighted by molar-refractivity contribution is 7.15. The van der Waals surface area contributed by atoms with Crippen molar-refractivity contribution in [3.8, 4) is 0 Å². The Morgan fingerprint density at radius 3 is 2.87 bits per heavy atom. The van der Waals surface area contributed by atoms with E-state index in [0.29, 0.717) is 37.5 Å². The van der Waals surface area contributed by atoms with Crippen molar-refractivity contribution in [1.29, 1.82) is 0 Å². The lowest BCUT2D eigenvalue weighted by atomic mass is 10.2. The second-order valence-corrected chi connectivity index (χ2v) is 6.28. The molecule has 0 bridgehead atoms. The first-order chi connectivity index (χ1) is 11.0. The van der Waals surface area contributed by atoms with Crippen molar-refractivity contribution >= 4 is 34.3 Å². The Morgan fingerprint density at radius 1 is 1.43 bits per heavy atom. The standard InChI is InChI=1S/C13H20N6O3S/c1-2-6-19-11(21)8(16-13(19)22)7-9(20)15-5-3-4-10-17-18-12(14)23-10/h8H,2-7H2,1H3,(H2,14,18)(H,15,20)(H,16,22). The number of carbonyl (C=O) groups excluding carboxylic acids is 3. The third-order valence-corrected chi connectivity index (χ3v) is 4.13. The van der Waals surface area contributed by atoms with Crippen molar-refractivity contribution in [2.24, 2.45) is 0 Å². The van der Waals surface area contributed by atoms with Crippen LogP contribution in [-0.2, 0) is 16.0 Å². The number of urea groups is 1. The van der Waals surface area contributed by atoms with Crippen molar-refractivity contribution in [3.63, 3.8) is 0 Å². The third kappa shape index (κ3) is 4.62. The molecule has 0 aromatic carbocycles. The third-order valence-electron chi connectivity index (χ3n) is 3.32. The maximum absolute atomic E-state index is 12.0. The zero-order valence-corrected chi connectivity index (χ0v) is 13.7. The van der Waals surface area contributed by atoms with E-state index in [1.54, 1.807) is 0 Å². The minimum atomic E-state index is -0.767. The first-order valence-electron chi connectivity index (χ1n) is 7.47. The van der Waals surface area contributed by atoms with Gasteiger partial charge < -0.3 is 16.4 Å². The molecule has 1 atom stereocenters. The predicted octanol–water partition coefficient (Wildman–Crippen LogP) is -0.110. The summed E-state index contributed by atoms with van der Waals surface area (Å²) in [6.45, 7) is 2.71. The van der Waals surface area contributed by atoms with Gasteiger partial charge in [0.1, 0.15) is 11.0 Å². The predicted molar refractivity (Wildman–Crippen MR) is 84.6 cm³/mol. The summed E-state index contributed by atoms with van der Waals surface area (Å²) >= 11 is 1.32. The highest BCUT2D eigenvalue weighted by atomic mass is 32.1. The molecule has 4 amide bonds. The first kappa shape index (κ1) is 17.1. The van der Waals surface area contributed by atoms with Gasteiger partial charge in [-0.05, 0) is 12.8 Å². The van der Waals surface area contributed by atoms with Crippen LogP contribution in [0.4, 0.5) is 9.93 Å². The Kier molecular flexibility index (Phi) is 5.85. The van der Waals surface area contributed by atoms with Crippen molar-refractivity contribution in [2.45, 2.75) is 38.6 Å². The quantitative estimate of drug-likeness (QED) is 0.447. The number of hydrogen-bond donors (Lipinski definition) is 3. The Hall–Kier alpha value is -2.23. The lowest BCUT2D eigenvalue weighted by Gasteiger charge is -2.11.